The molecule has 0 aliphatic carbocycles. The maximum Gasteiger partial charge on any atom is 0.416 e. The first-order valence-corrected chi connectivity index (χ1v) is 6.34. The summed E-state index contributed by atoms with van der Waals surface area (Å²) in [6.07, 6.45) is -4.33. The molecule has 3 N–H and O–H groups in total. The van der Waals surface area contributed by atoms with Gasteiger partial charge in [-0.1, -0.05) is 24.3 Å². The van der Waals surface area contributed by atoms with E-state index in [9.17, 15) is 13.2 Å². The summed E-state index contributed by atoms with van der Waals surface area (Å²) in [6, 6.07) is 10.5. The van der Waals surface area contributed by atoms with Crippen LogP contribution < -0.4 is 5.73 Å². The van der Waals surface area contributed by atoms with E-state index in [1.54, 1.807) is 0 Å². The summed E-state index contributed by atoms with van der Waals surface area (Å²) < 4.78 is 37.7. The van der Waals surface area contributed by atoms with Gasteiger partial charge in [-0.2, -0.15) is 13.2 Å². The fourth-order valence-corrected chi connectivity index (χ4v) is 2.21. The zero-order chi connectivity index (χ0) is 15.0. The number of alkyl halides is 3. The Labute approximate surface area is 118 Å². The highest BCUT2D eigenvalue weighted by molar-refractivity contribution is 5.82. The van der Waals surface area contributed by atoms with Crippen LogP contribution in [0.3, 0.4) is 0 Å². The minimum Gasteiger partial charge on any atom is -0.338 e. The Kier molecular flexibility index (Phi) is 3.17. The largest absolute Gasteiger partial charge is 0.416 e. The van der Waals surface area contributed by atoms with Gasteiger partial charge in [0.25, 0.3) is 0 Å². The fraction of sp³-hybridized carbons (Fsp3) is 0.133. The van der Waals surface area contributed by atoms with Crippen molar-refractivity contribution < 1.29 is 13.2 Å². The van der Waals surface area contributed by atoms with Gasteiger partial charge >= 0.3 is 6.18 Å². The summed E-state index contributed by atoms with van der Waals surface area (Å²) in [5.41, 5.74) is 8.02. The lowest BCUT2D eigenvalue weighted by Gasteiger charge is -2.06. The summed E-state index contributed by atoms with van der Waals surface area (Å²) in [5.74, 6) is 0.527. The molecule has 0 aliphatic heterocycles. The van der Waals surface area contributed by atoms with Crippen molar-refractivity contribution in [1.29, 1.82) is 0 Å². The topological polar surface area (TPSA) is 54.7 Å². The van der Waals surface area contributed by atoms with Gasteiger partial charge in [-0.15, -0.1) is 0 Å². The highest BCUT2D eigenvalue weighted by Gasteiger charge is 2.30. The van der Waals surface area contributed by atoms with Gasteiger partial charge in [0, 0.05) is 12.1 Å². The second kappa shape index (κ2) is 4.89. The summed E-state index contributed by atoms with van der Waals surface area (Å²) in [6.45, 7) is 0.356. The second-order valence-electron chi connectivity index (χ2n) is 4.68. The number of hydrogen-bond acceptors (Lipinski definition) is 2. The number of aromatic amines is 1. The third-order valence-electron chi connectivity index (χ3n) is 3.30. The SMILES string of the molecule is NCc1cccc2[nH]c(-c3ccc(C(F)(F)F)cc3)nc12. The zero-order valence-corrected chi connectivity index (χ0v) is 10.9. The average molecular weight is 291 g/mol. The lowest BCUT2D eigenvalue weighted by Crippen LogP contribution is -2.04. The highest BCUT2D eigenvalue weighted by atomic mass is 19.4. The Hall–Kier alpha value is -2.34. The molecule has 1 heterocycles. The molecule has 0 atom stereocenters. The molecule has 3 rings (SSSR count). The Morgan fingerprint density at radius 1 is 1.05 bits per heavy atom. The molecule has 0 spiro atoms. The van der Waals surface area contributed by atoms with Crippen molar-refractivity contribution in [2.24, 2.45) is 5.73 Å². The Balaban J connectivity index is 2.04. The van der Waals surface area contributed by atoms with Crippen molar-refractivity contribution in [2.75, 3.05) is 0 Å². The van der Waals surface area contributed by atoms with Crippen molar-refractivity contribution in [3.63, 3.8) is 0 Å². The first-order valence-electron chi connectivity index (χ1n) is 6.34. The number of rotatable bonds is 2. The van der Waals surface area contributed by atoms with Crippen molar-refractivity contribution in [3.8, 4) is 11.4 Å². The van der Waals surface area contributed by atoms with Crippen LogP contribution in [0.1, 0.15) is 11.1 Å². The summed E-state index contributed by atoms with van der Waals surface area (Å²) in [4.78, 5) is 7.53. The molecule has 3 nitrogen and oxygen atoms in total. The van der Waals surface area contributed by atoms with E-state index in [4.69, 9.17) is 5.73 Å². The molecule has 0 radical (unpaired) electrons. The molecule has 0 saturated heterocycles. The van der Waals surface area contributed by atoms with Gasteiger partial charge in [0.15, 0.2) is 0 Å². The molecule has 3 aromatic rings. The number of nitrogens with two attached hydrogens (primary N) is 1. The molecule has 108 valence electrons. The normalized spacial score (nSPS) is 12.0. The summed E-state index contributed by atoms with van der Waals surface area (Å²) in [7, 11) is 0. The first-order chi connectivity index (χ1) is 9.99. The molecule has 2 aromatic carbocycles. The number of hydrogen-bond donors (Lipinski definition) is 2. The van der Waals surface area contributed by atoms with Crippen LogP contribution in [0.15, 0.2) is 42.5 Å². The van der Waals surface area contributed by atoms with Crippen LogP contribution in [0.4, 0.5) is 13.2 Å². The van der Waals surface area contributed by atoms with Gasteiger partial charge in [0.05, 0.1) is 16.6 Å². The Morgan fingerprint density at radius 2 is 1.76 bits per heavy atom. The number of nitrogens with one attached hydrogen (secondary N) is 1. The minimum absolute atomic E-state index is 0.356. The Bertz CT molecular complexity index is 773. The van der Waals surface area contributed by atoms with E-state index in [-0.39, 0.29) is 0 Å². The monoisotopic (exact) mass is 291 g/mol. The third-order valence-corrected chi connectivity index (χ3v) is 3.30. The van der Waals surface area contributed by atoms with Crippen molar-refractivity contribution >= 4 is 11.0 Å². The van der Waals surface area contributed by atoms with Gasteiger partial charge in [-0.3, -0.25) is 0 Å². The zero-order valence-electron chi connectivity index (χ0n) is 10.9. The number of nitrogens with zero attached hydrogens (tertiary/aromatic N) is 1. The summed E-state index contributed by atoms with van der Waals surface area (Å²) in [5, 5.41) is 0. The lowest BCUT2D eigenvalue weighted by atomic mass is 10.1. The molecule has 0 amide bonds. The van der Waals surface area contributed by atoms with Gasteiger partial charge in [0.1, 0.15) is 5.82 Å². The minimum atomic E-state index is -4.33. The number of benzene rings is 2. The second-order valence-corrected chi connectivity index (χ2v) is 4.68. The number of H-pyrrole nitrogens is 1. The fourth-order valence-electron chi connectivity index (χ4n) is 2.21. The summed E-state index contributed by atoms with van der Waals surface area (Å²) >= 11 is 0. The molecule has 1 aromatic heterocycles. The standard InChI is InChI=1S/C15H12F3N3/c16-15(17,18)11-6-4-9(5-7-11)14-20-12-3-1-2-10(8-19)13(12)21-14/h1-7H,8,19H2,(H,20,21). The van der Waals surface area contributed by atoms with Crippen molar-refractivity contribution in [1.82, 2.24) is 9.97 Å². The van der Waals surface area contributed by atoms with Crippen LogP contribution >= 0.6 is 0 Å². The molecule has 0 bridgehead atoms. The molecule has 0 fully saturated rings. The van der Waals surface area contributed by atoms with E-state index in [0.717, 1.165) is 28.7 Å². The third kappa shape index (κ3) is 2.50. The van der Waals surface area contributed by atoms with Gasteiger partial charge in [0.2, 0.25) is 0 Å². The van der Waals surface area contributed by atoms with Gasteiger partial charge in [-0.05, 0) is 23.8 Å². The van der Waals surface area contributed by atoms with E-state index in [1.807, 2.05) is 18.2 Å². The average Bonchev–Trinajstić information content (AvgIpc) is 2.90. The van der Waals surface area contributed by atoms with Crippen LogP contribution in [0, 0.1) is 0 Å². The Morgan fingerprint density at radius 3 is 2.38 bits per heavy atom. The van der Waals surface area contributed by atoms with Crippen LogP contribution in [0.5, 0.6) is 0 Å². The first kappa shape index (κ1) is 13.6. The van der Waals surface area contributed by atoms with Crippen LogP contribution in [-0.4, -0.2) is 9.97 Å². The predicted octanol–water partition coefficient (Wildman–Crippen LogP) is 3.71. The van der Waals surface area contributed by atoms with E-state index in [1.165, 1.54) is 12.1 Å². The number of halogens is 3. The highest BCUT2D eigenvalue weighted by Crippen LogP contribution is 2.31. The molecular weight excluding hydrogens is 279 g/mol. The molecule has 0 aliphatic rings. The van der Waals surface area contributed by atoms with Gasteiger partial charge < -0.3 is 10.7 Å². The van der Waals surface area contributed by atoms with Crippen LogP contribution in [0.25, 0.3) is 22.4 Å². The van der Waals surface area contributed by atoms with E-state index < -0.39 is 11.7 Å². The molecule has 6 heteroatoms. The molecule has 21 heavy (non-hydrogen) atoms. The number of para-hydroxylation sites is 1. The number of imidazole rings is 1. The molecule has 0 saturated carbocycles. The quantitative estimate of drug-likeness (QED) is 0.756. The van der Waals surface area contributed by atoms with Crippen LogP contribution in [-0.2, 0) is 12.7 Å². The van der Waals surface area contributed by atoms with Crippen molar-refractivity contribution in [3.05, 3.63) is 53.6 Å². The van der Waals surface area contributed by atoms with Crippen LogP contribution in [0.2, 0.25) is 0 Å². The maximum atomic E-state index is 12.6. The van der Waals surface area contributed by atoms with E-state index in [2.05, 4.69) is 9.97 Å². The number of aromatic nitrogens is 2. The predicted molar refractivity (Wildman–Crippen MR) is 74.4 cm³/mol. The smallest absolute Gasteiger partial charge is 0.338 e. The van der Waals surface area contributed by atoms with Crippen molar-refractivity contribution in [2.45, 2.75) is 12.7 Å². The number of fused-ring (bicyclic) bond motifs is 1. The van der Waals surface area contributed by atoms with Gasteiger partial charge in [-0.25, -0.2) is 4.98 Å². The van der Waals surface area contributed by atoms with E-state index >= 15 is 0 Å². The molecule has 0 unspecified atom stereocenters. The molecular formula is C15H12F3N3. The lowest BCUT2D eigenvalue weighted by molar-refractivity contribution is -0.137. The van der Waals surface area contributed by atoms with E-state index in [0.29, 0.717) is 17.9 Å². The maximum absolute atomic E-state index is 12.6.